The average Bonchev–Trinajstić information content (AvgIpc) is 3.46. The second-order valence-corrected chi connectivity index (χ2v) is 12.5. The van der Waals surface area contributed by atoms with Crippen molar-refractivity contribution in [3.63, 3.8) is 0 Å². The zero-order chi connectivity index (χ0) is 31.5. The molecule has 3 aliphatic rings. The maximum Gasteiger partial charge on any atom is 0.319 e. The Bertz CT molecular complexity index is 1860. The van der Waals surface area contributed by atoms with Gasteiger partial charge in [0.25, 0.3) is 0 Å². The minimum atomic E-state index is -1.22. The number of halogens is 3. The van der Waals surface area contributed by atoms with Crippen LogP contribution in [0.4, 0.5) is 19.0 Å². The Balaban J connectivity index is 1.39. The van der Waals surface area contributed by atoms with E-state index < -0.39 is 28.9 Å². The zero-order valence-corrected chi connectivity index (χ0v) is 24.7. The molecule has 2 aromatic heterocycles. The molecular formula is C33H32F3N5O4. The molecule has 7 rings (SSSR count). The highest BCUT2D eigenvalue weighted by molar-refractivity contribution is 6.03. The Morgan fingerprint density at radius 2 is 2.07 bits per heavy atom. The van der Waals surface area contributed by atoms with Gasteiger partial charge in [-0.05, 0) is 49.9 Å². The molecule has 0 amide bonds. The second-order valence-electron chi connectivity index (χ2n) is 12.5. The fraction of sp³-hybridized carbons (Fsp3) is 0.424. The molecule has 1 unspecified atom stereocenters. The maximum absolute atomic E-state index is 16.7. The van der Waals surface area contributed by atoms with Crippen LogP contribution in [0.3, 0.4) is 0 Å². The molecule has 5 heterocycles. The Hall–Kier alpha value is -4.18. The van der Waals surface area contributed by atoms with Crippen LogP contribution in [0.2, 0.25) is 0 Å². The Morgan fingerprint density at radius 3 is 2.89 bits per heavy atom. The number of hydrogen-bond acceptors (Lipinski definition) is 9. The SMILES string of the molecule is C#Cc1c(F)ccc2cc(O)cc(-c3ncc4c(N5CCOCC(C)(O)C5)nc(OC[C@@]56CCCN5C[C@H](F)C6)nc4c3F)c12. The monoisotopic (exact) mass is 619 g/mol. The minimum absolute atomic E-state index is 0.0889. The fourth-order valence-electron chi connectivity index (χ4n) is 7.10. The molecule has 0 aliphatic carbocycles. The molecule has 3 saturated heterocycles. The lowest BCUT2D eigenvalue weighted by atomic mass is 9.95. The van der Waals surface area contributed by atoms with Crippen LogP contribution in [-0.4, -0.2) is 93.4 Å². The number of ether oxygens (including phenoxy) is 2. The molecule has 0 radical (unpaired) electrons. The van der Waals surface area contributed by atoms with E-state index in [1.165, 1.54) is 30.5 Å². The van der Waals surface area contributed by atoms with Crippen molar-refractivity contribution in [2.75, 3.05) is 50.9 Å². The van der Waals surface area contributed by atoms with Crippen LogP contribution >= 0.6 is 0 Å². The number of fused-ring (bicyclic) bond motifs is 3. The molecular weight excluding hydrogens is 587 g/mol. The van der Waals surface area contributed by atoms with E-state index in [-0.39, 0.29) is 77.1 Å². The molecule has 234 valence electrons. The number of hydrogen-bond donors (Lipinski definition) is 2. The van der Waals surface area contributed by atoms with E-state index in [2.05, 4.69) is 25.8 Å². The van der Waals surface area contributed by atoms with Gasteiger partial charge in [-0.25, -0.2) is 13.2 Å². The number of aromatic hydroxyl groups is 1. The minimum Gasteiger partial charge on any atom is -0.508 e. The number of terminal acetylenes is 1. The van der Waals surface area contributed by atoms with E-state index in [0.717, 1.165) is 19.4 Å². The number of phenolic OH excluding ortho intramolecular Hbond substituents is 1. The summed E-state index contributed by atoms with van der Waals surface area (Å²) >= 11 is 0. The molecule has 0 saturated carbocycles. The summed E-state index contributed by atoms with van der Waals surface area (Å²) in [5, 5.41) is 22.3. The number of β-amino-alcohol motifs (C(OH)–C–C–N with tert-alkyl or cyclic N) is 1. The summed E-state index contributed by atoms with van der Waals surface area (Å²) in [6.45, 7) is 3.75. The number of phenols is 1. The van der Waals surface area contributed by atoms with Crippen LogP contribution < -0.4 is 9.64 Å². The van der Waals surface area contributed by atoms with Gasteiger partial charge in [0.15, 0.2) is 5.82 Å². The van der Waals surface area contributed by atoms with Crippen LogP contribution in [0.25, 0.3) is 32.9 Å². The number of pyridine rings is 1. The normalized spacial score (nSPS) is 25.4. The maximum atomic E-state index is 16.7. The third-order valence-electron chi connectivity index (χ3n) is 9.08. The highest BCUT2D eigenvalue weighted by Gasteiger charge is 2.49. The number of rotatable bonds is 5. The van der Waals surface area contributed by atoms with Crippen LogP contribution in [0.5, 0.6) is 11.8 Å². The number of benzene rings is 2. The number of aliphatic hydroxyl groups is 1. The molecule has 3 fully saturated rings. The van der Waals surface area contributed by atoms with E-state index in [9.17, 15) is 19.0 Å². The highest BCUT2D eigenvalue weighted by Crippen LogP contribution is 2.42. The molecule has 4 aromatic rings. The van der Waals surface area contributed by atoms with Crippen molar-refractivity contribution < 1.29 is 32.9 Å². The Labute approximate surface area is 257 Å². The van der Waals surface area contributed by atoms with Gasteiger partial charge in [-0.1, -0.05) is 12.0 Å². The average molecular weight is 620 g/mol. The first-order valence-electron chi connectivity index (χ1n) is 14.9. The lowest BCUT2D eigenvalue weighted by molar-refractivity contribution is -0.0123. The molecule has 0 bridgehead atoms. The summed E-state index contributed by atoms with van der Waals surface area (Å²) in [4.78, 5) is 17.4. The Kier molecular flexibility index (Phi) is 7.23. The van der Waals surface area contributed by atoms with Crippen molar-refractivity contribution in [1.82, 2.24) is 19.9 Å². The molecule has 2 aromatic carbocycles. The third-order valence-corrected chi connectivity index (χ3v) is 9.08. The standard InChI is InChI=1S/C33H32F3N5O4/c1-3-22-25(35)6-5-19-11-21(42)12-23(26(19)22)28-27(36)29-24(14-37-28)30(40-9-10-44-17-32(2,43)16-40)39-31(38-29)45-18-33-7-4-8-41(33)15-20(34)13-33/h1,5-6,11-12,14,20,42-43H,4,7-10,13,15-18H2,2H3/t20-,32?,33+/m1/s1. The van der Waals surface area contributed by atoms with E-state index in [1.54, 1.807) is 11.8 Å². The first-order chi connectivity index (χ1) is 21.6. The predicted octanol–water partition coefficient (Wildman–Crippen LogP) is 4.35. The molecule has 9 nitrogen and oxygen atoms in total. The summed E-state index contributed by atoms with van der Waals surface area (Å²) in [5.74, 6) is 0.909. The Morgan fingerprint density at radius 1 is 1.22 bits per heavy atom. The molecule has 3 aliphatic heterocycles. The summed E-state index contributed by atoms with van der Waals surface area (Å²) in [7, 11) is 0. The zero-order valence-electron chi connectivity index (χ0n) is 24.7. The smallest absolute Gasteiger partial charge is 0.319 e. The number of aromatic nitrogens is 3. The van der Waals surface area contributed by atoms with Gasteiger partial charge in [0.2, 0.25) is 0 Å². The van der Waals surface area contributed by atoms with E-state index in [4.69, 9.17) is 15.9 Å². The van der Waals surface area contributed by atoms with Crippen LogP contribution in [0.1, 0.15) is 31.7 Å². The van der Waals surface area contributed by atoms with Gasteiger partial charge in [-0.15, -0.1) is 6.42 Å². The van der Waals surface area contributed by atoms with Crippen LogP contribution in [-0.2, 0) is 4.74 Å². The summed E-state index contributed by atoms with van der Waals surface area (Å²) < 4.78 is 57.7. The van der Waals surface area contributed by atoms with Crippen molar-refractivity contribution in [1.29, 1.82) is 0 Å². The first-order valence-corrected chi connectivity index (χ1v) is 14.9. The topological polar surface area (TPSA) is 104 Å². The summed E-state index contributed by atoms with van der Waals surface area (Å²) in [6, 6.07) is 5.22. The molecule has 2 N–H and O–H groups in total. The van der Waals surface area contributed by atoms with E-state index in [1.807, 2.05) is 0 Å². The van der Waals surface area contributed by atoms with Crippen LogP contribution in [0, 0.1) is 24.0 Å². The lowest BCUT2D eigenvalue weighted by Crippen LogP contribution is -2.44. The highest BCUT2D eigenvalue weighted by atomic mass is 19.1. The van der Waals surface area contributed by atoms with Gasteiger partial charge >= 0.3 is 6.01 Å². The number of nitrogens with zero attached hydrogens (tertiary/aromatic N) is 5. The largest absolute Gasteiger partial charge is 0.508 e. The quantitative estimate of drug-likeness (QED) is 0.316. The lowest BCUT2D eigenvalue weighted by Gasteiger charge is -2.31. The summed E-state index contributed by atoms with van der Waals surface area (Å²) in [5.41, 5.74) is -2.05. The number of alkyl halides is 1. The fourth-order valence-corrected chi connectivity index (χ4v) is 7.10. The molecule has 0 spiro atoms. The second kappa shape index (κ2) is 11.0. The number of anilines is 1. The molecule has 12 heteroatoms. The van der Waals surface area contributed by atoms with Gasteiger partial charge in [0.05, 0.1) is 36.2 Å². The van der Waals surface area contributed by atoms with Crippen molar-refractivity contribution in [3.05, 3.63) is 47.7 Å². The van der Waals surface area contributed by atoms with E-state index >= 15 is 4.39 Å². The molecule has 45 heavy (non-hydrogen) atoms. The van der Waals surface area contributed by atoms with Gasteiger partial charge in [-0.2, -0.15) is 9.97 Å². The van der Waals surface area contributed by atoms with Gasteiger partial charge < -0.3 is 24.6 Å². The first kappa shape index (κ1) is 29.5. The molecule has 3 atom stereocenters. The third kappa shape index (κ3) is 5.18. The van der Waals surface area contributed by atoms with Crippen LogP contribution in [0.15, 0.2) is 30.5 Å². The van der Waals surface area contributed by atoms with Gasteiger partial charge in [0, 0.05) is 36.7 Å². The van der Waals surface area contributed by atoms with Gasteiger partial charge in [-0.3, -0.25) is 9.88 Å². The van der Waals surface area contributed by atoms with E-state index in [0.29, 0.717) is 24.9 Å². The van der Waals surface area contributed by atoms with Crippen molar-refractivity contribution in [2.45, 2.75) is 43.5 Å². The predicted molar refractivity (Wildman–Crippen MR) is 162 cm³/mol. The van der Waals surface area contributed by atoms with Crippen molar-refractivity contribution >= 4 is 27.5 Å². The van der Waals surface area contributed by atoms with Crippen molar-refractivity contribution in [3.8, 4) is 35.4 Å². The van der Waals surface area contributed by atoms with Gasteiger partial charge in [0.1, 0.15) is 47.0 Å². The summed E-state index contributed by atoms with van der Waals surface area (Å²) in [6.07, 6.45) is 8.12. The van der Waals surface area contributed by atoms with Crippen molar-refractivity contribution in [2.24, 2.45) is 0 Å².